The number of benzene rings is 1. The zero-order valence-electron chi connectivity index (χ0n) is 16.9. The third-order valence-corrected chi connectivity index (χ3v) is 5.15. The van der Waals surface area contributed by atoms with E-state index in [0.717, 1.165) is 0 Å². The van der Waals surface area contributed by atoms with Crippen molar-refractivity contribution in [3.05, 3.63) is 36.7 Å². The van der Waals surface area contributed by atoms with Gasteiger partial charge in [-0.15, -0.1) is 6.58 Å². The molecular formula is C20H26FN5O3S. The van der Waals surface area contributed by atoms with Gasteiger partial charge in [-0.1, -0.05) is 18.3 Å². The predicted octanol–water partition coefficient (Wildman–Crippen LogP) is 2.11. The third-order valence-electron chi connectivity index (χ3n) is 5.00. The fourth-order valence-electron chi connectivity index (χ4n) is 3.44. The molecule has 0 aliphatic carbocycles. The van der Waals surface area contributed by atoms with E-state index in [4.69, 9.17) is 17.0 Å². The van der Waals surface area contributed by atoms with Gasteiger partial charge in [0.25, 0.3) is 0 Å². The minimum Gasteiger partial charge on any atom is -0.442 e. The van der Waals surface area contributed by atoms with E-state index >= 15 is 0 Å². The van der Waals surface area contributed by atoms with Crippen LogP contribution >= 0.6 is 12.2 Å². The van der Waals surface area contributed by atoms with Crippen LogP contribution in [0.4, 0.5) is 25.4 Å². The fraction of sp³-hybridized carbons (Fsp3) is 0.450. The molecule has 0 spiro atoms. The van der Waals surface area contributed by atoms with Crippen LogP contribution in [0.3, 0.4) is 0 Å². The van der Waals surface area contributed by atoms with Gasteiger partial charge in [-0.3, -0.25) is 4.90 Å². The molecule has 8 nitrogen and oxygen atoms in total. The lowest BCUT2D eigenvalue weighted by atomic mass is 10.2. The van der Waals surface area contributed by atoms with Gasteiger partial charge in [0.2, 0.25) is 0 Å². The summed E-state index contributed by atoms with van der Waals surface area (Å²) in [7, 11) is 0. The number of hydrogen-bond donors (Lipinski definition) is 2. The Bertz CT molecular complexity index is 829. The monoisotopic (exact) mass is 435 g/mol. The van der Waals surface area contributed by atoms with Crippen LogP contribution in [0, 0.1) is 5.82 Å². The van der Waals surface area contributed by atoms with Crippen molar-refractivity contribution < 1.29 is 18.7 Å². The summed E-state index contributed by atoms with van der Waals surface area (Å²) in [5, 5.41) is 5.72. The maximum atomic E-state index is 14.8. The highest BCUT2D eigenvalue weighted by atomic mass is 32.1. The van der Waals surface area contributed by atoms with Crippen LogP contribution in [0.25, 0.3) is 0 Å². The fourth-order valence-corrected chi connectivity index (χ4v) is 3.52. The first-order chi connectivity index (χ1) is 14.4. The molecule has 30 heavy (non-hydrogen) atoms. The number of cyclic esters (lactones) is 1. The first kappa shape index (κ1) is 21.8. The zero-order chi connectivity index (χ0) is 21.7. The van der Waals surface area contributed by atoms with Crippen molar-refractivity contribution in [2.75, 3.05) is 55.6 Å². The smallest absolute Gasteiger partial charge is 0.414 e. The van der Waals surface area contributed by atoms with E-state index in [9.17, 15) is 14.0 Å². The molecule has 2 fully saturated rings. The van der Waals surface area contributed by atoms with Crippen LogP contribution < -0.4 is 20.4 Å². The van der Waals surface area contributed by atoms with Gasteiger partial charge in [0.1, 0.15) is 11.9 Å². The number of hydrogen-bond acceptors (Lipinski definition) is 5. The van der Waals surface area contributed by atoms with E-state index in [1.54, 1.807) is 30.0 Å². The summed E-state index contributed by atoms with van der Waals surface area (Å²) in [6, 6.07) is 4.58. The van der Waals surface area contributed by atoms with Crippen LogP contribution in [-0.4, -0.2) is 73.9 Å². The minimum atomic E-state index is -0.505. The number of anilines is 2. The van der Waals surface area contributed by atoms with Crippen molar-refractivity contribution in [2.45, 2.75) is 13.0 Å². The Morgan fingerprint density at radius 2 is 2.07 bits per heavy atom. The lowest BCUT2D eigenvalue weighted by Gasteiger charge is -2.36. The van der Waals surface area contributed by atoms with Crippen LogP contribution in [-0.2, 0) is 4.74 Å². The van der Waals surface area contributed by atoms with Gasteiger partial charge in [-0.05, 0) is 25.1 Å². The Balaban J connectivity index is 1.59. The summed E-state index contributed by atoms with van der Waals surface area (Å²) in [4.78, 5) is 29.8. The topological polar surface area (TPSA) is 77.2 Å². The summed E-state index contributed by atoms with van der Waals surface area (Å²) in [6.45, 7) is 8.53. The molecule has 1 aromatic rings. The quantitative estimate of drug-likeness (QED) is 0.527. The lowest BCUT2D eigenvalue weighted by molar-refractivity contribution is 0.143. The number of carbonyl (C=O) groups is 2. The van der Waals surface area contributed by atoms with Crippen LogP contribution in [0.2, 0.25) is 0 Å². The van der Waals surface area contributed by atoms with Crippen LogP contribution in [0.5, 0.6) is 0 Å². The molecule has 0 unspecified atom stereocenters. The van der Waals surface area contributed by atoms with E-state index in [0.29, 0.717) is 62.2 Å². The molecule has 3 amide bonds. The summed E-state index contributed by atoms with van der Waals surface area (Å²) in [6.07, 6.45) is 0.770. The number of nitrogens with one attached hydrogen (secondary N) is 2. The molecule has 0 aromatic heterocycles. The second-order valence-corrected chi connectivity index (χ2v) is 7.75. The number of rotatable bonds is 6. The normalized spacial score (nSPS) is 18.8. The molecule has 0 bridgehead atoms. The second-order valence-electron chi connectivity index (χ2n) is 7.14. The third kappa shape index (κ3) is 5.18. The van der Waals surface area contributed by atoms with E-state index in [1.165, 1.54) is 11.0 Å². The minimum absolute atomic E-state index is 0.147. The molecule has 2 aliphatic heterocycles. The van der Waals surface area contributed by atoms with Crippen molar-refractivity contribution in [1.82, 2.24) is 15.5 Å². The first-order valence-corrected chi connectivity index (χ1v) is 10.2. The van der Waals surface area contributed by atoms with E-state index in [-0.39, 0.29) is 12.1 Å². The van der Waals surface area contributed by atoms with Crippen molar-refractivity contribution in [3.63, 3.8) is 0 Å². The molecule has 162 valence electrons. The predicted molar refractivity (Wildman–Crippen MR) is 118 cm³/mol. The van der Waals surface area contributed by atoms with Gasteiger partial charge < -0.3 is 25.2 Å². The Kier molecular flexibility index (Phi) is 7.09. The van der Waals surface area contributed by atoms with Gasteiger partial charge in [-0.2, -0.15) is 0 Å². The number of amides is 3. The van der Waals surface area contributed by atoms with E-state index in [1.807, 2.05) is 4.90 Å². The highest BCUT2D eigenvalue weighted by molar-refractivity contribution is 7.80. The maximum Gasteiger partial charge on any atom is 0.414 e. The number of nitrogens with zero attached hydrogens (tertiary/aromatic N) is 3. The Morgan fingerprint density at radius 1 is 1.33 bits per heavy atom. The SMILES string of the molecule is C=CCNC(=O)N1CCN(c2ccc(N3C[C@H](CNC(C)=S)OC3=O)cc2F)CC1. The number of urea groups is 1. The molecule has 2 N–H and O–H groups in total. The second kappa shape index (κ2) is 9.75. The summed E-state index contributed by atoms with van der Waals surface area (Å²) < 4.78 is 20.1. The average Bonchev–Trinajstić information content (AvgIpc) is 3.11. The molecule has 1 aromatic carbocycles. The molecule has 2 saturated heterocycles. The standard InChI is InChI=1S/C20H26FN5O3S/c1-3-6-22-19(27)25-9-7-24(8-10-25)18-5-4-15(11-17(18)21)26-13-16(29-20(26)28)12-23-14(2)30/h3-5,11,16H,1,6-10,12-13H2,2H3,(H,22,27)(H,23,30)/t16-/m0/s1. The van der Waals surface area contributed by atoms with Crippen molar-refractivity contribution in [1.29, 1.82) is 0 Å². The van der Waals surface area contributed by atoms with Crippen molar-refractivity contribution in [2.24, 2.45) is 0 Å². The first-order valence-electron chi connectivity index (χ1n) is 9.79. The number of ether oxygens (including phenoxy) is 1. The van der Waals surface area contributed by atoms with Gasteiger partial charge in [0.05, 0.1) is 29.5 Å². The van der Waals surface area contributed by atoms with E-state index in [2.05, 4.69) is 17.2 Å². The van der Waals surface area contributed by atoms with Crippen molar-refractivity contribution >= 4 is 40.7 Å². The summed E-state index contributed by atoms with van der Waals surface area (Å²) in [5.74, 6) is -0.416. The molecular weight excluding hydrogens is 409 g/mol. The molecule has 3 rings (SSSR count). The molecule has 0 radical (unpaired) electrons. The molecule has 10 heteroatoms. The molecule has 1 atom stereocenters. The van der Waals surface area contributed by atoms with E-state index < -0.39 is 11.9 Å². The number of thiocarbonyl (C=S) groups is 1. The van der Waals surface area contributed by atoms with Gasteiger partial charge in [0.15, 0.2) is 0 Å². The van der Waals surface area contributed by atoms with Gasteiger partial charge in [-0.25, -0.2) is 14.0 Å². The number of piperazine rings is 1. The van der Waals surface area contributed by atoms with Gasteiger partial charge in [0, 0.05) is 32.7 Å². The highest BCUT2D eigenvalue weighted by Gasteiger charge is 2.33. The van der Waals surface area contributed by atoms with Crippen LogP contribution in [0.1, 0.15) is 6.92 Å². The molecule has 0 saturated carbocycles. The summed E-state index contributed by atoms with van der Waals surface area (Å²) in [5.41, 5.74) is 0.900. The number of halogens is 1. The molecule has 2 aliphatic rings. The molecule has 2 heterocycles. The van der Waals surface area contributed by atoms with Crippen LogP contribution in [0.15, 0.2) is 30.9 Å². The summed E-state index contributed by atoms with van der Waals surface area (Å²) >= 11 is 4.97. The zero-order valence-corrected chi connectivity index (χ0v) is 17.7. The lowest BCUT2D eigenvalue weighted by Crippen LogP contribution is -2.52. The highest BCUT2D eigenvalue weighted by Crippen LogP contribution is 2.28. The number of carbonyl (C=O) groups excluding carboxylic acids is 2. The average molecular weight is 436 g/mol. The Morgan fingerprint density at radius 3 is 2.70 bits per heavy atom. The maximum absolute atomic E-state index is 14.8. The largest absolute Gasteiger partial charge is 0.442 e. The Labute approximate surface area is 180 Å². The Hall–Kier alpha value is -2.88. The van der Waals surface area contributed by atoms with Gasteiger partial charge >= 0.3 is 12.1 Å². The van der Waals surface area contributed by atoms with Crippen molar-refractivity contribution in [3.8, 4) is 0 Å².